The lowest BCUT2D eigenvalue weighted by atomic mass is 9.92. The van der Waals surface area contributed by atoms with Crippen LogP contribution in [0.5, 0.6) is 0 Å². The first-order valence-electron chi connectivity index (χ1n) is 5.71. The number of hydrogen-bond acceptors (Lipinski definition) is 7. The summed E-state index contributed by atoms with van der Waals surface area (Å²) in [5, 5.41) is 19.2. The Hall–Kier alpha value is -1.26. The van der Waals surface area contributed by atoms with Gasteiger partial charge < -0.3 is 36.9 Å². The summed E-state index contributed by atoms with van der Waals surface area (Å²) in [6.07, 6.45) is -2.44. The number of amides is 2. The average molecular weight is 279 g/mol. The fraction of sp³-hybridized carbons (Fsp3) is 0.800. The Balaban J connectivity index is 4.09. The van der Waals surface area contributed by atoms with Crippen molar-refractivity contribution in [2.75, 3.05) is 33.0 Å². The minimum absolute atomic E-state index is 0.101. The SMILES string of the molecule is NCCOCCOCCC(O)(C(N)=O)C(O)C(N)=O. The maximum atomic E-state index is 11.1. The van der Waals surface area contributed by atoms with E-state index in [0.717, 1.165) is 0 Å². The molecule has 0 rings (SSSR count). The number of carbonyl (C=O) groups excluding carboxylic acids is 2. The number of rotatable bonds is 11. The van der Waals surface area contributed by atoms with Crippen molar-refractivity contribution < 1.29 is 29.3 Å². The summed E-state index contributed by atoms with van der Waals surface area (Å²) in [5.74, 6) is -2.49. The Morgan fingerprint density at radius 1 is 1.11 bits per heavy atom. The van der Waals surface area contributed by atoms with E-state index in [1.807, 2.05) is 0 Å². The third-order valence-electron chi connectivity index (χ3n) is 2.41. The minimum Gasteiger partial charge on any atom is -0.380 e. The van der Waals surface area contributed by atoms with Crippen LogP contribution in [0.15, 0.2) is 0 Å². The fourth-order valence-electron chi connectivity index (χ4n) is 1.26. The van der Waals surface area contributed by atoms with Gasteiger partial charge in [-0.25, -0.2) is 0 Å². The molecule has 0 aliphatic carbocycles. The molecule has 0 radical (unpaired) electrons. The Kier molecular flexibility index (Phi) is 8.19. The first-order chi connectivity index (χ1) is 8.86. The van der Waals surface area contributed by atoms with Crippen LogP contribution < -0.4 is 17.2 Å². The van der Waals surface area contributed by atoms with E-state index in [0.29, 0.717) is 19.8 Å². The van der Waals surface area contributed by atoms with Gasteiger partial charge in [0.25, 0.3) is 5.91 Å². The average Bonchev–Trinajstić information content (AvgIpc) is 2.36. The van der Waals surface area contributed by atoms with Gasteiger partial charge in [0.1, 0.15) is 0 Å². The van der Waals surface area contributed by atoms with Crippen molar-refractivity contribution in [2.24, 2.45) is 17.2 Å². The van der Waals surface area contributed by atoms with E-state index in [1.165, 1.54) is 0 Å². The van der Waals surface area contributed by atoms with Crippen molar-refractivity contribution in [3.05, 3.63) is 0 Å². The molecule has 8 N–H and O–H groups in total. The molecule has 0 fully saturated rings. The zero-order chi connectivity index (χ0) is 14.9. The maximum Gasteiger partial charge on any atom is 0.252 e. The molecule has 0 aromatic rings. The standard InChI is InChI=1S/C10H21N3O6/c11-2-4-19-6-5-18-3-1-10(17,9(13)16)7(14)8(12)15/h7,14,17H,1-6,11H2,(H2,12,15)(H2,13,16). The van der Waals surface area contributed by atoms with Crippen molar-refractivity contribution in [3.8, 4) is 0 Å². The summed E-state index contributed by atoms with van der Waals surface area (Å²) < 4.78 is 10.1. The highest BCUT2D eigenvalue weighted by Gasteiger charge is 2.44. The molecule has 2 unspecified atom stereocenters. The second kappa shape index (κ2) is 8.77. The van der Waals surface area contributed by atoms with Crippen LogP contribution in [-0.4, -0.2) is 66.7 Å². The van der Waals surface area contributed by atoms with Gasteiger partial charge in [-0.3, -0.25) is 9.59 Å². The van der Waals surface area contributed by atoms with Gasteiger partial charge in [-0.05, 0) is 0 Å². The molecule has 0 aliphatic rings. The smallest absolute Gasteiger partial charge is 0.252 e. The summed E-state index contributed by atoms with van der Waals surface area (Å²) in [5.41, 5.74) is 12.5. The van der Waals surface area contributed by atoms with Crippen LogP contribution in [-0.2, 0) is 19.1 Å². The number of aliphatic hydroxyl groups is 2. The molecular weight excluding hydrogens is 258 g/mol. The van der Waals surface area contributed by atoms with Gasteiger partial charge >= 0.3 is 0 Å². The van der Waals surface area contributed by atoms with Gasteiger partial charge in [-0.2, -0.15) is 0 Å². The quantitative estimate of drug-likeness (QED) is 0.243. The first-order valence-corrected chi connectivity index (χ1v) is 5.71. The van der Waals surface area contributed by atoms with Gasteiger partial charge in [0.05, 0.1) is 26.4 Å². The fourth-order valence-corrected chi connectivity index (χ4v) is 1.26. The second-order valence-corrected chi connectivity index (χ2v) is 3.86. The van der Waals surface area contributed by atoms with E-state index in [1.54, 1.807) is 0 Å². The molecule has 112 valence electrons. The highest BCUT2D eigenvalue weighted by molar-refractivity contribution is 5.92. The first kappa shape index (κ1) is 17.7. The zero-order valence-electron chi connectivity index (χ0n) is 10.6. The second-order valence-electron chi connectivity index (χ2n) is 3.86. The lowest BCUT2D eigenvalue weighted by Crippen LogP contribution is -2.58. The van der Waals surface area contributed by atoms with Crippen molar-refractivity contribution in [3.63, 3.8) is 0 Å². The number of hydrogen-bond donors (Lipinski definition) is 5. The Morgan fingerprint density at radius 3 is 2.05 bits per heavy atom. The predicted molar refractivity (Wildman–Crippen MR) is 64.7 cm³/mol. The van der Waals surface area contributed by atoms with E-state index in [-0.39, 0.29) is 19.6 Å². The van der Waals surface area contributed by atoms with E-state index >= 15 is 0 Å². The molecular formula is C10H21N3O6. The van der Waals surface area contributed by atoms with Crippen LogP contribution >= 0.6 is 0 Å². The largest absolute Gasteiger partial charge is 0.380 e. The molecule has 0 heterocycles. The molecule has 9 nitrogen and oxygen atoms in total. The van der Waals surface area contributed by atoms with Crippen molar-refractivity contribution in [1.82, 2.24) is 0 Å². The van der Waals surface area contributed by atoms with Crippen molar-refractivity contribution in [1.29, 1.82) is 0 Å². The van der Waals surface area contributed by atoms with Gasteiger partial charge in [-0.15, -0.1) is 0 Å². The molecule has 2 amide bonds. The molecule has 0 aromatic heterocycles. The topological polar surface area (TPSA) is 171 Å². The Bertz CT molecular complexity index is 301. The molecule has 0 aliphatic heterocycles. The Labute approximate surface area is 110 Å². The highest BCUT2D eigenvalue weighted by atomic mass is 16.5. The van der Waals surface area contributed by atoms with E-state index in [4.69, 9.17) is 26.7 Å². The number of primary amides is 2. The molecule has 0 spiro atoms. The third kappa shape index (κ3) is 5.94. The Morgan fingerprint density at radius 2 is 1.63 bits per heavy atom. The monoisotopic (exact) mass is 279 g/mol. The van der Waals surface area contributed by atoms with E-state index in [2.05, 4.69) is 0 Å². The minimum atomic E-state index is -2.44. The molecule has 0 saturated heterocycles. The summed E-state index contributed by atoms with van der Waals surface area (Å²) in [7, 11) is 0. The molecule has 2 atom stereocenters. The molecule has 9 heteroatoms. The van der Waals surface area contributed by atoms with Crippen molar-refractivity contribution in [2.45, 2.75) is 18.1 Å². The van der Waals surface area contributed by atoms with Crippen LogP contribution in [0, 0.1) is 0 Å². The number of aliphatic hydroxyl groups excluding tert-OH is 1. The highest BCUT2D eigenvalue weighted by Crippen LogP contribution is 2.15. The molecule has 19 heavy (non-hydrogen) atoms. The number of ether oxygens (including phenoxy) is 2. The van der Waals surface area contributed by atoms with Crippen molar-refractivity contribution >= 4 is 11.8 Å². The molecule has 0 bridgehead atoms. The molecule has 0 saturated carbocycles. The number of nitrogens with two attached hydrogens (primary N) is 3. The van der Waals surface area contributed by atoms with Crippen LogP contribution in [0.2, 0.25) is 0 Å². The van der Waals surface area contributed by atoms with Crippen LogP contribution in [0.4, 0.5) is 0 Å². The van der Waals surface area contributed by atoms with Gasteiger partial charge in [-0.1, -0.05) is 0 Å². The maximum absolute atomic E-state index is 11.1. The third-order valence-corrected chi connectivity index (χ3v) is 2.41. The van der Waals surface area contributed by atoms with Crippen LogP contribution in [0.25, 0.3) is 0 Å². The predicted octanol–water partition coefficient (Wildman–Crippen LogP) is -3.57. The summed E-state index contributed by atoms with van der Waals surface area (Å²) in [6.45, 7) is 1.20. The number of carbonyl (C=O) groups is 2. The summed E-state index contributed by atoms with van der Waals surface area (Å²) >= 11 is 0. The summed E-state index contributed by atoms with van der Waals surface area (Å²) in [4.78, 5) is 21.9. The van der Waals surface area contributed by atoms with Gasteiger partial charge in [0, 0.05) is 13.0 Å². The zero-order valence-corrected chi connectivity index (χ0v) is 10.6. The normalized spacial score (nSPS) is 15.7. The van der Waals surface area contributed by atoms with Gasteiger partial charge in [0.15, 0.2) is 11.7 Å². The van der Waals surface area contributed by atoms with Crippen LogP contribution in [0.3, 0.4) is 0 Å². The lowest BCUT2D eigenvalue weighted by Gasteiger charge is -2.27. The van der Waals surface area contributed by atoms with E-state index < -0.39 is 23.5 Å². The molecule has 0 aromatic carbocycles. The summed E-state index contributed by atoms with van der Waals surface area (Å²) in [6, 6.07) is 0. The van der Waals surface area contributed by atoms with Gasteiger partial charge in [0.2, 0.25) is 5.91 Å². The van der Waals surface area contributed by atoms with E-state index in [9.17, 15) is 19.8 Å². The van der Waals surface area contributed by atoms with Crippen LogP contribution in [0.1, 0.15) is 6.42 Å². The lowest BCUT2D eigenvalue weighted by molar-refractivity contribution is -0.161.